The Balaban J connectivity index is 1.87. The number of rotatable bonds is 5. The van der Waals surface area contributed by atoms with Crippen LogP contribution in [0.4, 0.5) is 5.69 Å². The van der Waals surface area contributed by atoms with Crippen LogP contribution in [0.5, 0.6) is 0 Å². The van der Waals surface area contributed by atoms with E-state index in [9.17, 15) is 9.59 Å². The number of nitrogens with one attached hydrogen (secondary N) is 1. The minimum atomic E-state index is -0.292. The number of hydrogen-bond donors (Lipinski definition) is 1. The van der Waals surface area contributed by atoms with Crippen molar-refractivity contribution in [2.45, 2.75) is 33.1 Å². The summed E-state index contributed by atoms with van der Waals surface area (Å²) in [5.74, 6) is 0.156. The molecule has 4 heteroatoms. The molecule has 1 aromatic carbocycles. The average Bonchev–Trinajstić information content (AvgIpc) is 3.13. The molecule has 2 rings (SSSR count). The van der Waals surface area contributed by atoms with Gasteiger partial charge in [0.05, 0.1) is 5.92 Å². The van der Waals surface area contributed by atoms with Gasteiger partial charge in [-0.1, -0.05) is 39.0 Å². The van der Waals surface area contributed by atoms with Gasteiger partial charge in [-0.3, -0.25) is 9.59 Å². The van der Waals surface area contributed by atoms with Gasteiger partial charge in [0, 0.05) is 5.69 Å². The summed E-state index contributed by atoms with van der Waals surface area (Å²) in [4.78, 5) is 23.4. The van der Waals surface area contributed by atoms with Gasteiger partial charge in [0.15, 0.2) is 6.61 Å². The van der Waals surface area contributed by atoms with E-state index < -0.39 is 0 Å². The molecule has 0 aliphatic heterocycles. The molecule has 1 aliphatic carbocycles. The lowest BCUT2D eigenvalue weighted by Crippen LogP contribution is -2.22. The van der Waals surface area contributed by atoms with Gasteiger partial charge in [-0.2, -0.15) is 0 Å². The van der Waals surface area contributed by atoms with Crippen LogP contribution in [0.2, 0.25) is 0 Å². The lowest BCUT2D eigenvalue weighted by atomic mass is 10.0. The highest BCUT2D eigenvalue weighted by Crippen LogP contribution is 2.38. The summed E-state index contributed by atoms with van der Waals surface area (Å²) in [5.41, 5.74) is 1.85. The van der Waals surface area contributed by atoms with E-state index in [1.807, 2.05) is 31.2 Å². The highest BCUT2D eigenvalue weighted by molar-refractivity contribution is 5.93. The Bertz CT molecular complexity index is 510. The van der Waals surface area contributed by atoms with E-state index in [0.29, 0.717) is 11.8 Å². The Morgan fingerprint density at radius 2 is 2.00 bits per heavy atom. The Morgan fingerprint density at radius 3 is 2.60 bits per heavy atom. The van der Waals surface area contributed by atoms with Crippen LogP contribution in [-0.4, -0.2) is 18.5 Å². The van der Waals surface area contributed by atoms with Gasteiger partial charge in [-0.25, -0.2) is 0 Å². The molecule has 2 atom stereocenters. The van der Waals surface area contributed by atoms with E-state index in [2.05, 4.69) is 19.2 Å². The standard InChI is InChI=1S/C16H21NO3/c1-10(2)12-6-4-5-7-14(12)17-15(18)9-20-16(19)13-8-11(13)3/h4-7,10-11,13H,8-9H2,1-3H3,(H,17,18)/t11-,13+/m1/s1. The Labute approximate surface area is 119 Å². The van der Waals surface area contributed by atoms with Crippen molar-refractivity contribution in [2.75, 3.05) is 11.9 Å². The van der Waals surface area contributed by atoms with Crippen LogP contribution < -0.4 is 5.32 Å². The molecule has 20 heavy (non-hydrogen) atoms. The lowest BCUT2D eigenvalue weighted by molar-refractivity contribution is -0.148. The zero-order chi connectivity index (χ0) is 14.7. The predicted octanol–water partition coefficient (Wildman–Crippen LogP) is 2.95. The second-order valence-electron chi connectivity index (χ2n) is 5.72. The van der Waals surface area contributed by atoms with Gasteiger partial charge in [0.25, 0.3) is 5.91 Å². The molecular weight excluding hydrogens is 254 g/mol. The summed E-state index contributed by atoms with van der Waals surface area (Å²) >= 11 is 0. The van der Waals surface area contributed by atoms with Gasteiger partial charge in [-0.15, -0.1) is 0 Å². The number of hydrogen-bond acceptors (Lipinski definition) is 3. The molecule has 0 radical (unpaired) electrons. The molecule has 1 fully saturated rings. The minimum absolute atomic E-state index is 0.00856. The molecule has 0 unspecified atom stereocenters. The van der Waals surface area contributed by atoms with Crippen molar-refractivity contribution >= 4 is 17.6 Å². The van der Waals surface area contributed by atoms with Crippen molar-refractivity contribution in [3.05, 3.63) is 29.8 Å². The number of esters is 1. The van der Waals surface area contributed by atoms with Crippen LogP contribution in [0.3, 0.4) is 0 Å². The predicted molar refractivity (Wildman–Crippen MR) is 77.4 cm³/mol. The molecule has 0 saturated heterocycles. The molecule has 0 spiro atoms. The van der Waals surface area contributed by atoms with Crippen LogP contribution in [0.1, 0.15) is 38.7 Å². The van der Waals surface area contributed by atoms with Crippen molar-refractivity contribution in [2.24, 2.45) is 11.8 Å². The summed E-state index contributed by atoms with van der Waals surface area (Å²) in [6.45, 7) is 5.93. The number of anilines is 1. The molecule has 0 bridgehead atoms. The quantitative estimate of drug-likeness (QED) is 0.841. The van der Waals surface area contributed by atoms with E-state index in [1.54, 1.807) is 0 Å². The molecule has 1 aliphatic rings. The van der Waals surface area contributed by atoms with Crippen molar-refractivity contribution < 1.29 is 14.3 Å². The maximum atomic E-state index is 11.8. The Kier molecular flexibility index (Phi) is 4.42. The number of para-hydroxylation sites is 1. The zero-order valence-corrected chi connectivity index (χ0v) is 12.2. The zero-order valence-electron chi connectivity index (χ0n) is 12.2. The summed E-state index contributed by atoms with van der Waals surface area (Å²) in [5, 5.41) is 2.80. The van der Waals surface area contributed by atoms with Crippen LogP contribution in [0.15, 0.2) is 24.3 Å². The van der Waals surface area contributed by atoms with E-state index >= 15 is 0 Å². The van der Waals surface area contributed by atoms with E-state index in [-0.39, 0.29) is 24.4 Å². The molecule has 1 aromatic rings. The second kappa shape index (κ2) is 6.07. The summed E-state index contributed by atoms with van der Waals surface area (Å²) < 4.78 is 5.02. The number of benzene rings is 1. The Hall–Kier alpha value is -1.84. The topological polar surface area (TPSA) is 55.4 Å². The minimum Gasteiger partial charge on any atom is -0.455 e. The largest absolute Gasteiger partial charge is 0.455 e. The van der Waals surface area contributed by atoms with E-state index in [4.69, 9.17) is 4.74 Å². The fourth-order valence-electron chi connectivity index (χ4n) is 2.19. The van der Waals surface area contributed by atoms with Gasteiger partial charge in [0.1, 0.15) is 0 Å². The maximum absolute atomic E-state index is 11.8. The highest BCUT2D eigenvalue weighted by Gasteiger charge is 2.40. The molecule has 108 valence electrons. The molecule has 4 nitrogen and oxygen atoms in total. The van der Waals surface area contributed by atoms with Crippen molar-refractivity contribution in [3.63, 3.8) is 0 Å². The third kappa shape index (κ3) is 3.59. The average molecular weight is 275 g/mol. The van der Waals surface area contributed by atoms with Gasteiger partial charge in [0.2, 0.25) is 0 Å². The molecule has 1 saturated carbocycles. The summed E-state index contributed by atoms with van der Waals surface area (Å²) in [6, 6.07) is 7.66. The van der Waals surface area contributed by atoms with Crippen LogP contribution >= 0.6 is 0 Å². The van der Waals surface area contributed by atoms with E-state index in [1.165, 1.54) is 0 Å². The smallest absolute Gasteiger partial charge is 0.309 e. The van der Waals surface area contributed by atoms with Crippen molar-refractivity contribution in [1.29, 1.82) is 0 Å². The van der Waals surface area contributed by atoms with Crippen LogP contribution in [0, 0.1) is 11.8 Å². The molecule has 0 aromatic heterocycles. The number of amides is 1. The fraction of sp³-hybridized carbons (Fsp3) is 0.500. The first-order valence-corrected chi connectivity index (χ1v) is 7.04. The summed E-state index contributed by atoms with van der Waals surface area (Å²) in [7, 11) is 0. The first kappa shape index (κ1) is 14.6. The van der Waals surface area contributed by atoms with E-state index in [0.717, 1.165) is 17.7 Å². The highest BCUT2D eigenvalue weighted by atomic mass is 16.5. The first-order valence-electron chi connectivity index (χ1n) is 7.04. The van der Waals surface area contributed by atoms with Gasteiger partial charge < -0.3 is 10.1 Å². The fourth-order valence-corrected chi connectivity index (χ4v) is 2.19. The molecule has 1 N–H and O–H groups in total. The maximum Gasteiger partial charge on any atom is 0.309 e. The first-order chi connectivity index (χ1) is 9.49. The SMILES string of the molecule is CC(C)c1ccccc1NC(=O)COC(=O)[C@H]1C[C@H]1C. The summed E-state index contributed by atoms with van der Waals surface area (Å²) in [6.07, 6.45) is 0.872. The van der Waals surface area contributed by atoms with Crippen molar-refractivity contribution in [3.8, 4) is 0 Å². The number of ether oxygens (including phenoxy) is 1. The lowest BCUT2D eigenvalue weighted by Gasteiger charge is -2.13. The second-order valence-corrected chi connectivity index (χ2v) is 5.72. The van der Waals surface area contributed by atoms with Gasteiger partial charge in [-0.05, 0) is 29.9 Å². The monoisotopic (exact) mass is 275 g/mol. The van der Waals surface area contributed by atoms with Crippen LogP contribution in [-0.2, 0) is 14.3 Å². The molecule has 0 heterocycles. The number of carbonyl (C=O) groups is 2. The number of carbonyl (C=O) groups excluding carboxylic acids is 2. The third-order valence-electron chi connectivity index (χ3n) is 3.61. The van der Waals surface area contributed by atoms with Crippen LogP contribution in [0.25, 0.3) is 0 Å². The Morgan fingerprint density at radius 1 is 1.35 bits per heavy atom. The van der Waals surface area contributed by atoms with Crippen molar-refractivity contribution in [1.82, 2.24) is 0 Å². The van der Waals surface area contributed by atoms with Gasteiger partial charge >= 0.3 is 5.97 Å². The third-order valence-corrected chi connectivity index (χ3v) is 3.61. The molecular formula is C16H21NO3. The molecule has 1 amide bonds. The normalized spacial score (nSPS) is 20.6.